The molecule has 4 rings (SSSR count). The number of rotatable bonds is 5. The van der Waals surface area contributed by atoms with Crippen LogP contribution in [0.15, 0.2) is 24.5 Å². The van der Waals surface area contributed by atoms with Crippen molar-refractivity contribution in [1.29, 1.82) is 5.26 Å². The molecule has 2 aliphatic rings. The summed E-state index contributed by atoms with van der Waals surface area (Å²) >= 11 is 0. The number of nitrogens with one attached hydrogen (secondary N) is 1. The Hall–Kier alpha value is -2.27. The third kappa shape index (κ3) is 4.25. The van der Waals surface area contributed by atoms with Gasteiger partial charge in [-0.05, 0) is 49.8 Å². The number of aromatic nitrogens is 2. The predicted octanol–water partition coefficient (Wildman–Crippen LogP) is 2.17. The van der Waals surface area contributed by atoms with Crippen LogP contribution in [0.1, 0.15) is 31.2 Å². The van der Waals surface area contributed by atoms with E-state index in [2.05, 4.69) is 26.3 Å². The third-order valence-electron chi connectivity index (χ3n) is 6.03. The van der Waals surface area contributed by atoms with Crippen LogP contribution in [0.3, 0.4) is 0 Å². The molecule has 2 fully saturated rings. The predicted molar refractivity (Wildman–Crippen MR) is 107 cm³/mol. The van der Waals surface area contributed by atoms with Crippen molar-refractivity contribution in [1.82, 2.24) is 14.9 Å². The lowest BCUT2D eigenvalue weighted by atomic mass is 9.85. The van der Waals surface area contributed by atoms with Gasteiger partial charge in [0.05, 0.1) is 36.5 Å². The molecule has 2 aromatic rings. The first-order chi connectivity index (χ1) is 13.8. The lowest BCUT2D eigenvalue weighted by molar-refractivity contribution is -0.0697. The first-order valence-corrected chi connectivity index (χ1v) is 10.1. The average Bonchev–Trinajstić information content (AvgIpc) is 2.77. The summed E-state index contributed by atoms with van der Waals surface area (Å²) in [6.07, 6.45) is 6.29. The highest BCUT2D eigenvalue weighted by atomic mass is 16.5. The molecule has 1 aliphatic heterocycles. The van der Waals surface area contributed by atoms with Crippen LogP contribution in [-0.2, 0) is 4.74 Å². The molecule has 0 amide bonds. The Kier molecular flexibility index (Phi) is 6.01. The number of aliphatic hydroxyl groups is 1. The topological polar surface area (TPSA) is 94.3 Å². The van der Waals surface area contributed by atoms with E-state index in [0.717, 1.165) is 43.0 Å². The lowest BCUT2D eigenvalue weighted by Crippen LogP contribution is -2.50. The molecule has 0 bridgehead atoms. The fourth-order valence-corrected chi connectivity index (χ4v) is 4.41. The van der Waals surface area contributed by atoms with Crippen molar-refractivity contribution in [2.24, 2.45) is 5.92 Å². The highest BCUT2D eigenvalue weighted by Gasteiger charge is 2.29. The first kappa shape index (κ1) is 19.1. The monoisotopic (exact) mass is 381 g/mol. The second-order valence-electron chi connectivity index (χ2n) is 7.79. The molecule has 1 aromatic heterocycles. The second-order valence-corrected chi connectivity index (χ2v) is 7.79. The SMILES string of the molecule is N#Cc1ccc2ncnc(NCC3CCC(N4CCOC(CO)C4)CC3)c2c1. The molecule has 1 saturated heterocycles. The summed E-state index contributed by atoms with van der Waals surface area (Å²) < 4.78 is 5.57. The highest BCUT2D eigenvalue weighted by molar-refractivity contribution is 5.89. The molecule has 2 N–H and O–H groups in total. The van der Waals surface area contributed by atoms with Gasteiger partial charge in [0.1, 0.15) is 12.1 Å². The quantitative estimate of drug-likeness (QED) is 0.819. The average molecular weight is 381 g/mol. The van der Waals surface area contributed by atoms with Crippen molar-refractivity contribution in [3.63, 3.8) is 0 Å². The normalized spacial score (nSPS) is 26.1. The van der Waals surface area contributed by atoms with Crippen LogP contribution >= 0.6 is 0 Å². The van der Waals surface area contributed by atoms with Crippen molar-refractivity contribution in [2.45, 2.75) is 37.8 Å². The number of aliphatic hydroxyl groups excluding tert-OH is 1. The van der Waals surface area contributed by atoms with Crippen LogP contribution < -0.4 is 5.32 Å². The summed E-state index contributed by atoms with van der Waals surface area (Å²) in [6.45, 7) is 3.53. The van der Waals surface area contributed by atoms with E-state index in [1.165, 1.54) is 25.7 Å². The molecule has 28 heavy (non-hydrogen) atoms. The van der Waals surface area contributed by atoms with E-state index in [4.69, 9.17) is 10.00 Å². The molecule has 1 aliphatic carbocycles. The molecule has 0 spiro atoms. The van der Waals surface area contributed by atoms with E-state index in [0.29, 0.717) is 17.5 Å². The van der Waals surface area contributed by atoms with Gasteiger partial charge in [0.2, 0.25) is 0 Å². The Morgan fingerprint density at radius 3 is 2.89 bits per heavy atom. The Bertz CT molecular complexity index is 844. The Morgan fingerprint density at radius 2 is 2.11 bits per heavy atom. The highest BCUT2D eigenvalue weighted by Crippen LogP contribution is 2.29. The van der Waals surface area contributed by atoms with Gasteiger partial charge < -0.3 is 15.2 Å². The van der Waals surface area contributed by atoms with E-state index in [9.17, 15) is 5.11 Å². The van der Waals surface area contributed by atoms with Gasteiger partial charge in [-0.3, -0.25) is 4.90 Å². The number of benzene rings is 1. The summed E-state index contributed by atoms with van der Waals surface area (Å²) in [4.78, 5) is 11.2. The maximum absolute atomic E-state index is 9.35. The lowest BCUT2D eigenvalue weighted by Gasteiger charge is -2.41. The van der Waals surface area contributed by atoms with Gasteiger partial charge >= 0.3 is 0 Å². The molecule has 0 radical (unpaired) electrons. The minimum atomic E-state index is -0.0301. The first-order valence-electron chi connectivity index (χ1n) is 10.1. The summed E-state index contributed by atoms with van der Waals surface area (Å²) in [6, 6.07) is 8.29. The Morgan fingerprint density at radius 1 is 1.25 bits per heavy atom. The fraction of sp³-hybridized carbons (Fsp3) is 0.571. The van der Waals surface area contributed by atoms with E-state index in [1.54, 1.807) is 12.4 Å². The van der Waals surface area contributed by atoms with Crippen molar-refractivity contribution in [3.05, 3.63) is 30.1 Å². The molecule has 1 aromatic carbocycles. The third-order valence-corrected chi connectivity index (χ3v) is 6.03. The summed E-state index contributed by atoms with van der Waals surface area (Å²) in [7, 11) is 0. The number of nitrogens with zero attached hydrogens (tertiary/aromatic N) is 4. The van der Waals surface area contributed by atoms with E-state index in [-0.39, 0.29) is 12.7 Å². The van der Waals surface area contributed by atoms with E-state index in [1.807, 2.05) is 12.1 Å². The fourth-order valence-electron chi connectivity index (χ4n) is 4.41. The molecule has 7 heteroatoms. The van der Waals surface area contributed by atoms with Crippen LogP contribution in [0.2, 0.25) is 0 Å². The second kappa shape index (κ2) is 8.82. The molecule has 7 nitrogen and oxygen atoms in total. The number of morpholine rings is 1. The van der Waals surface area contributed by atoms with Crippen LogP contribution in [0, 0.1) is 17.2 Å². The maximum Gasteiger partial charge on any atom is 0.137 e. The minimum Gasteiger partial charge on any atom is -0.394 e. The molecule has 1 saturated carbocycles. The van der Waals surface area contributed by atoms with Crippen LogP contribution in [-0.4, -0.2) is 65.0 Å². The summed E-state index contributed by atoms with van der Waals surface area (Å²) in [5.74, 6) is 1.43. The summed E-state index contributed by atoms with van der Waals surface area (Å²) in [5, 5.41) is 22.9. The molecule has 1 atom stereocenters. The standard InChI is InChI=1S/C21H27N5O2/c22-10-16-3-6-20-19(9-16)21(25-14-24-20)23-11-15-1-4-17(5-2-15)26-7-8-28-18(12-26)13-27/h3,6,9,14-15,17-18,27H,1-2,4-5,7-8,11-13H2,(H,23,24,25). The maximum atomic E-state index is 9.35. The van der Waals surface area contributed by atoms with Gasteiger partial charge in [0, 0.05) is 31.1 Å². The van der Waals surface area contributed by atoms with E-state index < -0.39 is 0 Å². The molecule has 1 unspecified atom stereocenters. The zero-order valence-corrected chi connectivity index (χ0v) is 16.0. The largest absolute Gasteiger partial charge is 0.394 e. The summed E-state index contributed by atoms with van der Waals surface area (Å²) in [5.41, 5.74) is 1.48. The van der Waals surface area contributed by atoms with E-state index >= 15 is 0 Å². The van der Waals surface area contributed by atoms with Gasteiger partial charge in [-0.15, -0.1) is 0 Å². The van der Waals surface area contributed by atoms with Gasteiger partial charge in [-0.25, -0.2) is 9.97 Å². The van der Waals surface area contributed by atoms with Gasteiger partial charge in [0.15, 0.2) is 0 Å². The number of fused-ring (bicyclic) bond motifs is 1. The van der Waals surface area contributed by atoms with Crippen molar-refractivity contribution >= 4 is 16.7 Å². The van der Waals surface area contributed by atoms with Crippen molar-refractivity contribution < 1.29 is 9.84 Å². The number of hydrogen-bond donors (Lipinski definition) is 2. The number of nitriles is 1. The molecular weight excluding hydrogens is 354 g/mol. The number of hydrogen-bond acceptors (Lipinski definition) is 7. The Balaban J connectivity index is 1.32. The van der Waals surface area contributed by atoms with Gasteiger partial charge in [0.25, 0.3) is 0 Å². The van der Waals surface area contributed by atoms with Crippen LogP contribution in [0.4, 0.5) is 5.82 Å². The van der Waals surface area contributed by atoms with Gasteiger partial charge in [-0.2, -0.15) is 5.26 Å². The molecule has 2 heterocycles. The van der Waals surface area contributed by atoms with Gasteiger partial charge in [-0.1, -0.05) is 0 Å². The van der Waals surface area contributed by atoms with Crippen molar-refractivity contribution in [2.75, 3.05) is 38.2 Å². The number of ether oxygens (including phenoxy) is 1. The van der Waals surface area contributed by atoms with Crippen LogP contribution in [0.25, 0.3) is 10.9 Å². The Labute approximate surface area is 165 Å². The van der Waals surface area contributed by atoms with Crippen molar-refractivity contribution in [3.8, 4) is 6.07 Å². The molecule has 148 valence electrons. The smallest absolute Gasteiger partial charge is 0.137 e. The van der Waals surface area contributed by atoms with Crippen LogP contribution in [0.5, 0.6) is 0 Å². The zero-order valence-electron chi connectivity index (χ0n) is 16.0. The molecular formula is C21H27N5O2. The zero-order chi connectivity index (χ0) is 19.3. The number of anilines is 1. The minimum absolute atomic E-state index is 0.0301.